The van der Waals surface area contributed by atoms with Gasteiger partial charge >= 0.3 is 0 Å². The number of anilines is 1. The Morgan fingerprint density at radius 3 is 2.35 bits per heavy atom. The minimum atomic E-state index is -3.79. The molecule has 0 aliphatic rings. The van der Waals surface area contributed by atoms with Crippen LogP contribution in [0.15, 0.2) is 76.7 Å². The zero-order valence-electron chi connectivity index (χ0n) is 16.7. The van der Waals surface area contributed by atoms with Crippen molar-refractivity contribution in [3.63, 3.8) is 0 Å². The first-order chi connectivity index (χ1) is 14.7. The molecule has 0 aliphatic heterocycles. The highest BCUT2D eigenvalue weighted by atomic mass is 35.5. The highest BCUT2D eigenvalue weighted by Crippen LogP contribution is 2.22. The SMILES string of the molecule is C/C(=N/NS(=O)(=O)c1ccc(C)cc1)c1cccc(NC(=O)c2ccc(Cl)cc2Cl)c1. The van der Waals surface area contributed by atoms with Gasteiger partial charge in [-0.05, 0) is 61.9 Å². The molecule has 0 heterocycles. The molecule has 0 saturated carbocycles. The van der Waals surface area contributed by atoms with Gasteiger partial charge < -0.3 is 5.32 Å². The van der Waals surface area contributed by atoms with Crippen LogP contribution in [0.4, 0.5) is 5.69 Å². The number of hydrogen-bond donors (Lipinski definition) is 2. The topological polar surface area (TPSA) is 87.6 Å². The van der Waals surface area contributed by atoms with Crippen molar-refractivity contribution < 1.29 is 13.2 Å². The fourth-order valence-corrected chi connectivity index (χ4v) is 4.01. The summed E-state index contributed by atoms with van der Waals surface area (Å²) in [5.41, 5.74) is 2.80. The lowest BCUT2D eigenvalue weighted by atomic mass is 10.1. The third-order valence-corrected chi connectivity index (χ3v) is 6.15. The van der Waals surface area contributed by atoms with E-state index in [1.165, 1.54) is 24.3 Å². The lowest BCUT2D eigenvalue weighted by molar-refractivity contribution is 0.102. The average Bonchev–Trinajstić information content (AvgIpc) is 2.72. The van der Waals surface area contributed by atoms with Crippen LogP contribution in [-0.4, -0.2) is 20.0 Å². The van der Waals surface area contributed by atoms with Crippen molar-refractivity contribution in [2.75, 3.05) is 5.32 Å². The summed E-state index contributed by atoms with van der Waals surface area (Å²) in [5.74, 6) is -0.395. The Hall–Kier alpha value is -2.87. The molecule has 0 fully saturated rings. The second kappa shape index (κ2) is 9.51. The molecule has 2 N–H and O–H groups in total. The largest absolute Gasteiger partial charge is 0.322 e. The fourth-order valence-electron chi connectivity index (χ4n) is 2.66. The minimum Gasteiger partial charge on any atom is -0.322 e. The first kappa shape index (κ1) is 22.8. The predicted molar refractivity (Wildman–Crippen MR) is 125 cm³/mol. The molecule has 3 aromatic rings. The summed E-state index contributed by atoms with van der Waals surface area (Å²) in [6.45, 7) is 3.54. The van der Waals surface area contributed by atoms with Crippen LogP contribution in [-0.2, 0) is 10.0 Å². The van der Waals surface area contributed by atoms with Gasteiger partial charge in [-0.25, -0.2) is 0 Å². The van der Waals surface area contributed by atoms with Crippen molar-refractivity contribution in [1.29, 1.82) is 0 Å². The van der Waals surface area contributed by atoms with Gasteiger partial charge in [0.15, 0.2) is 0 Å². The number of benzene rings is 3. The minimum absolute atomic E-state index is 0.121. The summed E-state index contributed by atoms with van der Waals surface area (Å²) >= 11 is 12.0. The molecule has 0 aromatic heterocycles. The number of hydrogen-bond acceptors (Lipinski definition) is 4. The van der Waals surface area contributed by atoms with Crippen molar-refractivity contribution in [3.05, 3.63) is 93.5 Å². The number of sulfonamides is 1. The summed E-state index contributed by atoms with van der Waals surface area (Å²) in [6, 6.07) is 17.9. The zero-order chi connectivity index (χ0) is 22.6. The molecule has 3 aromatic carbocycles. The molecule has 9 heteroatoms. The van der Waals surface area contributed by atoms with Crippen molar-refractivity contribution in [1.82, 2.24) is 4.83 Å². The Kier molecular flexibility index (Phi) is 7.00. The molecule has 0 aliphatic carbocycles. The smallest absolute Gasteiger partial charge is 0.276 e. The van der Waals surface area contributed by atoms with E-state index in [1.54, 1.807) is 49.4 Å². The molecule has 1 amide bonds. The van der Waals surface area contributed by atoms with E-state index in [4.69, 9.17) is 23.2 Å². The molecular formula is C22H19Cl2N3O3S. The van der Waals surface area contributed by atoms with Crippen LogP contribution < -0.4 is 10.1 Å². The monoisotopic (exact) mass is 475 g/mol. The molecule has 31 heavy (non-hydrogen) atoms. The van der Waals surface area contributed by atoms with Crippen LogP contribution in [0, 0.1) is 6.92 Å². The highest BCUT2D eigenvalue weighted by Gasteiger charge is 2.14. The Labute approximate surface area is 190 Å². The lowest BCUT2D eigenvalue weighted by Crippen LogP contribution is -2.20. The van der Waals surface area contributed by atoms with Gasteiger partial charge in [-0.2, -0.15) is 18.4 Å². The van der Waals surface area contributed by atoms with E-state index < -0.39 is 15.9 Å². The van der Waals surface area contributed by atoms with Crippen LogP contribution in [0.25, 0.3) is 0 Å². The predicted octanol–water partition coefficient (Wildman–Crippen LogP) is 5.26. The fraction of sp³-hybridized carbons (Fsp3) is 0.0909. The normalized spacial score (nSPS) is 11.8. The Balaban J connectivity index is 1.75. The maximum absolute atomic E-state index is 12.5. The number of amides is 1. The van der Waals surface area contributed by atoms with E-state index in [2.05, 4.69) is 15.2 Å². The molecule has 0 bridgehead atoms. The van der Waals surface area contributed by atoms with Gasteiger partial charge in [0, 0.05) is 10.7 Å². The van der Waals surface area contributed by atoms with Crippen molar-refractivity contribution in [2.24, 2.45) is 5.10 Å². The maximum atomic E-state index is 12.5. The Morgan fingerprint density at radius 2 is 1.68 bits per heavy atom. The van der Waals surface area contributed by atoms with Gasteiger partial charge in [0.2, 0.25) is 0 Å². The number of carbonyl (C=O) groups excluding carboxylic acids is 1. The van der Waals surface area contributed by atoms with Crippen molar-refractivity contribution in [2.45, 2.75) is 18.7 Å². The van der Waals surface area contributed by atoms with E-state index in [-0.39, 0.29) is 15.5 Å². The molecular weight excluding hydrogens is 457 g/mol. The van der Waals surface area contributed by atoms with Crippen LogP contribution in [0.5, 0.6) is 0 Å². The number of hydrazone groups is 1. The summed E-state index contributed by atoms with van der Waals surface area (Å²) in [7, 11) is -3.79. The number of aryl methyl sites for hydroxylation is 1. The van der Waals surface area contributed by atoms with E-state index in [1.807, 2.05) is 6.92 Å². The molecule has 0 saturated heterocycles. The van der Waals surface area contributed by atoms with Gasteiger partial charge in [0.05, 0.1) is 21.2 Å². The van der Waals surface area contributed by atoms with Gasteiger partial charge in [-0.15, -0.1) is 0 Å². The van der Waals surface area contributed by atoms with Gasteiger partial charge in [-0.1, -0.05) is 53.0 Å². The lowest BCUT2D eigenvalue weighted by Gasteiger charge is -2.09. The number of nitrogens with zero attached hydrogens (tertiary/aromatic N) is 1. The number of carbonyl (C=O) groups is 1. The summed E-state index contributed by atoms with van der Waals surface area (Å²) in [5, 5.41) is 7.43. The number of rotatable bonds is 6. The number of nitrogens with one attached hydrogen (secondary N) is 2. The quantitative estimate of drug-likeness (QED) is 0.376. The average molecular weight is 476 g/mol. The summed E-state index contributed by atoms with van der Waals surface area (Å²) < 4.78 is 24.8. The third kappa shape index (κ3) is 5.85. The first-order valence-electron chi connectivity index (χ1n) is 9.15. The van der Waals surface area contributed by atoms with Crippen LogP contribution in [0.3, 0.4) is 0 Å². The highest BCUT2D eigenvalue weighted by molar-refractivity contribution is 7.89. The van der Waals surface area contributed by atoms with Gasteiger partial charge in [-0.3, -0.25) is 4.79 Å². The molecule has 3 rings (SSSR count). The van der Waals surface area contributed by atoms with E-state index in [9.17, 15) is 13.2 Å². The van der Waals surface area contributed by atoms with E-state index >= 15 is 0 Å². The second-order valence-electron chi connectivity index (χ2n) is 6.76. The zero-order valence-corrected chi connectivity index (χ0v) is 19.0. The second-order valence-corrected chi connectivity index (χ2v) is 9.27. The Morgan fingerprint density at radius 1 is 0.968 bits per heavy atom. The van der Waals surface area contributed by atoms with Crippen molar-refractivity contribution >= 4 is 50.5 Å². The van der Waals surface area contributed by atoms with Gasteiger partial charge in [0.25, 0.3) is 15.9 Å². The van der Waals surface area contributed by atoms with Crippen LogP contribution in [0.1, 0.15) is 28.4 Å². The number of halogens is 2. The van der Waals surface area contributed by atoms with E-state index in [0.29, 0.717) is 22.0 Å². The van der Waals surface area contributed by atoms with Crippen LogP contribution in [0.2, 0.25) is 10.0 Å². The molecule has 0 spiro atoms. The summed E-state index contributed by atoms with van der Waals surface area (Å²) in [4.78, 5) is 14.9. The van der Waals surface area contributed by atoms with Gasteiger partial charge in [0.1, 0.15) is 0 Å². The van der Waals surface area contributed by atoms with Crippen molar-refractivity contribution in [3.8, 4) is 0 Å². The Bertz CT molecular complexity index is 1260. The van der Waals surface area contributed by atoms with E-state index in [0.717, 1.165) is 5.56 Å². The third-order valence-electron chi connectivity index (χ3n) is 4.38. The maximum Gasteiger partial charge on any atom is 0.276 e. The van der Waals surface area contributed by atoms with Crippen LogP contribution >= 0.6 is 23.2 Å². The molecule has 0 unspecified atom stereocenters. The molecule has 0 radical (unpaired) electrons. The molecule has 6 nitrogen and oxygen atoms in total. The standard InChI is InChI=1S/C22H19Cl2N3O3S/c1-14-6-9-19(10-7-14)31(29,30)27-26-15(2)16-4-3-5-18(12-16)25-22(28)20-11-8-17(23)13-21(20)24/h3-13,27H,1-2H3,(H,25,28)/b26-15-. The first-order valence-corrected chi connectivity index (χ1v) is 11.4. The molecule has 0 atom stereocenters. The summed E-state index contributed by atoms with van der Waals surface area (Å²) in [6.07, 6.45) is 0. The molecule has 160 valence electrons.